The third kappa shape index (κ3) is 7.24. The maximum absolute atomic E-state index is 13.8. The molecular weight excluding hydrogens is 676 g/mol. The Bertz CT molecular complexity index is 2380. The molecule has 0 radical (unpaired) electrons. The number of rotatable bonds is 15. The number of nitrogens with two attached hydrogens (primary N) is 2. The van der Waals surface area contributed by atoms with Crippen LogP contribution in [0.15, 0.2) is 42.5 Å². The van der Waals surface area contributed by atoms with Gasteiger partial charge in [-0.15, -0.1) is 0 Å². The topological polar surface area (TPSA) is 216 Å². The molecule has 6 aromatic rings. The number of anilines is 2. The Labute approximate surface area is 305 Å². The quantitative estimate of drug-likeness (QED) is 0.110. The predicted octanol–water partition coefficient (Wildman–Crippen LogP) is 4.57. The van der Waals surface area contributed by atoms with Crippen molar-refractivity contribution in [3.05, 3.63) is 81.9 Å². The Morgan fingerprint density at radius 1 is 0.698 bits per heavy atom. The lowest BCUT2D eigenvalue weighted by Crippen LogP contribution is -2.21. The molecule has 6 rings (SSSR count). The number of benzene rings is 2. The van der Waals surface area contributed by atoms with Crippen molar-refractivity contribution in [1.29, 1.82) is 0 Å². The van der Waals surface area contributed by atoms with Gasteiger partial charge in [0.2, 0.25) is 23.7 Å². The number of fused-ring (bicyclic) bond motifs is 2. The molecule has 0 unspecified atom stereocenters. The summed E-state index contributed by atoms with van der Waals surface area (Å²) in [6.45, 7) is 11.7. The number of aromatic nitrogens is 8. The Hall–Kier alpha value is -6.32. The van der Waals surface area contributed by atoms with Gasteiger partial charge in [-0.25, -0.2) is 9.97 Å². The summed E-state index contributed by atoms with van der Waals surface area (Å²) in [4.78, 5) is 60.6. The van der Waals surface area contributed by atoms with E-state index < -0.39 is 11.8 Å². The van der Waals surface area contributed by atoms with E-state index in [1.54, 1.807) is 51.8 Å². The van der Waals surface area contributed by atoms with Crippen molar-refractivity contribution in [3.63, 3.8) is 0 Å². The number of carbonyl (C=O) groups is 4. The van der Waals surface area contributed by atoms with E-state index in [-0.39, 0.29) is 11.8 Å². The van der Waals surface area contributed by atoms with Crippen LogP contribution in [0.5, 0.6) is 0 Å². The van der Waals surface area contributed by atoms with Gasteiger partial charge in [0, 0.05) is 42.9 Å². The zero-order valence-electron chi connectivity index (χ0n) is 30.6. The zero-order chi connectivity index (χ0) is 38.0. The fourth-order valence-electron chi connectivity index (χ4n) is 6.71. The van der Waals surface area contributed by atoms with Gasteiger partial charge in [0.25, 0.3) is 11.8 Å². The van der Waals surface area contributed by atoms with Crippen molar-refractivity contribution in [2.75, 3.05) is 10.6 Å². The van der Waals surface area contributed by atoms with E-state index in [2.05, 4.69) is 25.8 Å². The van der Waals surface area contributed by atoms with Gasteiger partial charge in [0.15, 0.2) is 0 Å². The maximum Gasteiger partial charge on any atom is 0.276 e. The number of nitrogens with zero attached hydrogens (tertiary/aromatic N) is 8. The third-order valence-electron chi connectivity index (χ3n) is 9.22. The highest BCUT2D eigenvalue weighted by atomic mass is 16.2. The highest BCUT2D eigenvalue weighted by Crippen LogP contribution is 2.26. The molecule has 0 bridgehead atoms. The Morgan fingerprint density at radius 2 is 1.25 bits per heavy atom. The van der Waals surface area contributed by atoms with Gasteiger partial charge < -0.3 is 20.6 Å². The summed E-state index contributed by atoms with van der Waals surface area (Å²) in [6.07, 6.45) is 2.72. The van der Waals surface area contributed by atoms with Gasteiger partial charge >= 0.3 is 0 Å². The maximum atomic E-state index is 13.8. The second-order valence-electron chi connectivity index (χ2n) is 12.9. The minimum absolute atomic E-state index is 0.306. The summed E-state index contributed by atoms with van der Waals surface area (Å²) in [7, 11) is 0. The van der Waals surface area contributed by atoms with Gasteiger partial charge in [-0.1, -0.05) is 13.8 Å². The number of unbranched alkanes of at least 4 members (excludes halogenated alkanes) is 1. The van der Waals surface area contributed by atoms with Crippen molar-refractivity contribution in [2.24, 2.45) is 11.5 Å². The SMILES string of the molecule is CCCn1nc(C)cc1C(=O)Nc1nc2cc(C(N)=O)ccc2n1CCCCn1c(NC(=O)c2c(CC)c(C)nn2CC)nc2cc(C(N)=O)ccc21. The van der Waals surface area contributed by atoms with Crippen LogP contribution in [0, 0.1) is 13.8 Å². The minimum Gasteiger partial charge on any atom is -0.366 e. The highest BCUT2D eigenvalue weighted by molar-refractivity contribution is 6.05. The first kappa shape index (κ1) is 36.5. The number of amides is 4. The molecule has 0 aliphatic rings. The summed E-state index contributed by atoms with van der Waals surface area (Å²) in [5.41, 5.74) is 17.5. The van der Waals surface area contributed by atoms with E-state index in [1.165, 1.54) is 0 Å². The van der Waals surface area contributed by atoms with Crippen LogP contribution >= 0.6 is 0 Å². The Balaban J connectivity index is 1.28. The minimum atomic E-state index is -0.579. The van der Waals surface area contributed by atoms with Crippen LogP contribution in [-0.2, 0) is 32.6 Å². The molecule has 6 N–H and O–H groups in total. The van der Waals surface area contributed by atoms with Crippen LogP contribution in [0.2, 0.25) is 0 Å². The highest BCUT2D eigenvalue weighted by Gasteiger charge is 2.23. The van der Waals surface area contributed by atoms with Crippen molar-refractivity contribution in [1.82, 2.24) is 38.7 Å². The normalized spacial score (nSPS) is 11.4. The van der Waals surface area contributed by atoms with Crippen LogP contribution in [0.25, 0.3) is 22.1 Å². The van der Waals surface area contributed by atoms with E-state index in [4.69, 9.17) is 16.5 Å². The van der Waals surface area contributed by atoms with Gasteiger partial charge in [-0.3, -0.25) is 39.2 Å². The summed E-state index contributed by atoms with van der Waals surface area (Å²) >= 11 is 0. The summed E-state index contributed by atoms with van der Waals surface area (Å²) in [5, 5.41) is 15.0. The van der Waals surface area contributed by atoms with Crippen LogP contribution in [-0.4, -0.2) is 62.3 Å². The van der Waals surface area contributed by atoms with Crippen molar-refractivity contribution >= 4 is 57.6 Å². The first-order valence-electron chi connectivity index (χ1n) is 17.8. The van der Waals surface area contributed by atoms with Crippen molar-refractivity contribution in [3.8, 4) is 0 Å². The third-order valence-corrected chi connectivity index (χ3v) is 9.22. The lowest BCUT2D eigenvalue weighted by atomic mass is 10.1. The number of hydrogen-bond acceptors (Lipinski definition) is 8. The number of aryl methyl sites for hydroxylation is 6. The predicted molar refractivity (Wildman–Crippen MR) is 201 cm³/mol. The summed E-state index contributed by atoms with van der Waals surface area (Å²) in [6, 6.07) is 11.8. The lowest BCUT2D eigenvalue weighted by molar-refractivity contribution is 0.0992. The van der Waals surface area contributed by atoms with Gasteiger partial charge in [0.1, 0.15) is 11.4 Å². The summed E-state index contributed by atoms with van der Waals surface area (Å²) in [5.74, 6) is -1.18. The fourth-order valence-corrected chi connectivity index (χ4v) is 6.71. The molecule has 0 atom stereocenters. The van der Waals surface area contributed by atoms with Gasteiger partial charge in [0.05, 0.1) is 33.5 Å². The molecule has 276 valence electrons. The second-order valence-corrected chi connectivity index (χ2v) is 12.9. The average Bonchev–Trinajstić information content (AvgIpc) is 3.86. The van der Waals surface area contributed by atoms with Crippen LogP contribution in [0.3, 0.4) is 0 Å². The van der Waals surface area contributed by atoms with Crippen LogP contribution < -0.4 is 22.1 Å². The van der Waals surface area contributed by atoms with E-state index >= 15 is 0 Å². The molecule has 16 nitrogen and oxygen atoms in total. The average molecular weight is 721 g/mol. The number of imidazole rings is 2. The molecule has 0 fully saturated rings. The molecule has 53 heavy (non-hydrogen) atoms. The van der Waals surface area contributed by atoms with E-state index in [0.29, 0.717) is 90.9 Å². The smallest absolute Gasteiger partial charge is 0.276 e. The number of carbonyl (C=O) groups excluding carboxylic acids is 4. The van der Waals surface area contributed by atoms with Crippen molar-refractivity contribution in [2.45, 2.75) is 86.5 Å². The lowest BCUT2D eigenvalue weighted by Gasteiger charge is -2.13. The number of nitrogens with one attached hydrogen (secondary N) is 2. The monoisotopic (exact) mass is 720 g/mol. The van der Waals surface area contributed by atoms with Crippen molar-refractivity contribution < 1.29 is 19.2 Å². The van der Waals surface area contributed by atoms with E-state index in [9.17, 15) is 19.2 Å². The Morgan fingerprint density at radius 3 is 1.74 bits per heavy atom. The molecule has 4 aromatic heterocycles. The summed E-state index contributed by atoms with van der Waals surface area (Å²) < 4.78 is 7.19. The molecule has 16 heteroatoms. The van der Waals surface area contributed by atoms with Crippen LogP contribution in [0.4, 0.5) is 11.9 Å². The molecule has 0 aliphatic heterocycles. The van der Waals surface area contributed by atoms with E-state index in [1.807, 2.05) is 43.8 Å². The molecule has 0 spiro atoms. The largest absolute Gasteiger partial charge is 0.366 e. The first-order valence-corrected chi connectivity index (χ1v) is 17.8. The van der Waals surface area contributed by atoms with Gasteiger partial charge in [-0.05, 0) is 88.9 Å². The number of primary amides is 2. The second kappa shape index (κ2) is 15.1. The standard InChI is InChI=1S/C37H44N12O4/c1-6-15-49-30(18-21(4)44-49)34(52)42-36-40-26-19-23(32(38)50)11-13-28(26)46(36)16-9-10-17-47-29-14-12-24(33(39)51)20-27(29)41-37(47)43-35(53)31-25(7-2)22(5)45-48(31)8-3/h11-14,18-20H,6-10,15-17H2,1-5H3,(H2,38,50)(H2,39,51)(H,40,42,52)(H,41,43,53). The molecular formula is C37H44N12O4. The number of hydrogen-bond donors (Lipinski definition) is 4. The molecule has 0 aliphatic carbocycles. The van der Waals surface area contributed by atoms with Gasteiger partial charge in [-0.2, -0.15) is 10.2 Å². The molecule has 4 heterocycles. The van der Waals surface area contributed by atoms with E-state index in [0.717, 1.165) is 34.4 Å². The fraction of sp³-hybridized carbons (Fsp3) is 0.351. The first-order chi connectivity index (χ1) is 25.4. The molecule has 4 amide bonds. The molecule has 0 saturated carbocycles. The Kier molecular flexibility index (Phi) is 10.4. The molecule has 0 saturated heterocycles. The van der Waals surface area contributed by atoms with Crippen LogP contribution in [0.1, 0.15) is 98.7 Å². The zero-order valence-corrected chi connectivity index (χ0v) is 30.6. The molecule has 2 aromatic carbocycles.